The molecule has 32 heavy (non-hydrogen) atoms. The van der Waals surface area contributed by atoms with Crippen molar-refractivity contribution in [2.45, 2.75) is 25.2 Å². The van der Waals surface area contributed by atoms with E-state index in [9.17, 15) is 24.3 Å². The van der Waals surface area contributed by atoms with Gasteiger partial charge in [0.1, 0.15) is 6.04 Å². The zero-order valence-corrected chi connectivity index (χ0v) is 18.9. The normalized spacial score (nSPS) is 19.2. The molecule has 13 heteroatoms. The third-order valence-electron chi connectivity index (χ3n) is 6.17. The van der Waals surface area contributed by atoms with Crippen LogP contribution in [0, 0.1) is 0 Å². The molecule has 0 fully saturated rings. The Labute approximate surface area is 187 Å². The van der Waals surface area contributed by atoms with Gasteiger partial charge in [0, 0.05) is 14.1 Å². The zero-order valence-electron chi connectivity index (χ0n) is 17.4. The third kappa shape index (κ3) is 2.48. The van der Waals surface area contributed by atoms with E-state index in [-0.39, 0.29) is 24.6 Å². The smallest absolute Gasteiger partial charge is 0.347 e. The Balaban J connectivity index is 1.84. The number of phenols is 1. The van der Waals surface area contributed by atoms with Crippen molar-refractivity contribution in [3.63, 3.8) is 0 Å². The van der Waals surface area contributed by atoms with Crippen molar-refractivity contribution < 1.29 is 9.84 Å². The summed E-state index contributed by atoms with van der Waals surface area (Å²) in [5, 5.41) is 10.3. The summed E-state index contributed by atoms with van der Waals surface area (Å²) in [4.78, 5) is 51.2. The second kappa shape index (κ2) is 6.76. The van der Waals surface area contributed by atoms with Crippen LogP contribution in [0.3, 0.4) is 0 Å². The van der Waals surface area contributed by atoms with Gasteiger partial charge >= 0.3 is 22.8 Å². The highest BCUT2D eigenvalue weighted by Gasteiger charge is 2.41. The number of hydrogen-bond acceptors (Lipinski definition) is 6. The van der Waals surface area contributed by atoms with Crippen LogP contribution in [0.25, 0.3) is 0 Å². The average molecular weight is 507 g/mol. The Hall–Kier alpha value is -3.48. The fraction of sp³-hybridized carbons (Fsp3) is 0.368. The first-order valence-corrected chi connectivity index (χ1v) is 10.5. The van der Waals surface area contributed by atoms with Crippen molar-refractivity contribution in [2.24, 2.45) is 14.1 Å². The zero-order chi connectivity index (χ0) is 23.1. The van der Waals surface area contributed by atoms with Gasteiger partial charge < -0.3 is 9.84 Å². The Morgan fingerprint density at radius 3 is 2.25 bits per heavy atom. The van der Waals surface area contributed by atoms with Crippen LogP contribution < -0.4 is 27.5 Å². The second-order valence-electron chi connectivity index (χ2n) is 7.78. The molecule has 2 atom stereocenters. The van der Waals surface area contributed by atoms with Crippen LogP contribution in [0.4, 0.5) is 0 Å². The van der Waals surface area contributed by atoms with Crippen LogP contribution in [0.1, 0.15) is 17.6 Å². The molecule has 168 valence electrons. The van der Waals surface area contributed by atoms with Gasteiger partial charge in [0.25, 0.3) is 0 Å². The Morgan fingerprint density at radius 2 is 1.59 bits per heavy atom. The summed E-state index contributed by atoms with van der Waals surface area (Å²) in [6, 6.07) is 1.79. The quantitative estimate of drug-likeness (QED) is 0.456. The summed E-state index contributed by atoms with van der Waals surface area (Å²) < 4.78 is 12.9. The molecule has 5 rings (SSSR count). The van der Waals surface area contributed by atoms with Gasteiger partial charge in [-0.05, 0) is 39.2 Å². The topological polar surface area (TPSA) is 127 Å². The van der Waals surface area contributed by atoms with Gasteiger partial charge in [-0.2, -0.15) is 0 Å². The Morgan fingerprint density at radius 1 is 0.969 bits per heavy atom. The lowest BCUT2D eigenvalue weighted by molar-refractivity contribution is 0.245. The minimum Gasteiger partial charge on any atom is -0.503 e. The molecular formula is C19H19BrN6O6. The van der Waals surface area contributed by atoms with Gasteiger partial charge in [0.15, 0.2) is 11.5 Å². The number of fused-ring (bicyclic) bond motifs is 4. The van der Waals surface area contributed by atoms with Crippen LogP contribution in [0.2, 0.25) is 0 Å². The molecule has 0 saturated heterocycles. The van der Waals surface area contributed by atoms with E-state index in [4.69, 9.17) is 4.74 Å². The summed E-state index contributed by atoms with van der Waals surface area (Å²) in [5.41, 5.74) is -0.778. The van der Waals surface area contributed by atoms with E-state index < -0.39 is 34.8 Å². The summed E-state index contributed by atoms with van der Waals surface area (Å²) in [5.74, 6) is 0.0757. The van der Waals surface area contributed by atoms with E-state index in [1.807, 2.05) is 0 Å². The van der Waals surface area contributed by atoms with Gasteiger partial charge in [-0.3, -0.25) is 0 Å². The van der Waals surface area contributed by atoms with E-state index in [1.165, 1.54) is 39.9 Å². The van der Waals surface area contributed by atoms with E-state index in [2.05, 4.69) is 15.9 Å². The summed E-state index contributed by atoms with van der Waals surface area (Å²) in [6.45, 7) is 0.149. The highest BCUT2D eigenvalue weighted by molar-refractivity contribution is 9.10. The molecule has 0 unspecified atom stereocenters. The van der Waals surface area contributed by atoms with Crippen molar-refractivity contribution in [3.8, 4) is 11.5 Å². The van der Waals surface area contributed by atoms with Crippen LogP contribution >= 0.6 is 15.9 Å². The molecule has 1 N–H and O–H groups in total. The van der Waals surface area contributed by atoms with Gasteiger partial charge in [-0.25, -0.2) is 47.0 Å². The molecule has 0 spiro atoms. The largest absolute Gasteiger partial charge is 0.503 e. The number of halogens is 1. The molecule has 1 aromatic carbocycles. The highest BCUT2D eigenvalue weighted by atomic mass is 79.9. The molecule has 0 aliphatic carbocycles. The van der Waals surface area contributed by atoms with Crippen molar-refractivity contribution >= 4 is 15.9 Å². The van der Waals surface area contributed by atoms with Gasteiger partial charge in [-0.1, -0.05) is 6.08 Å². The molecule has 0 bridgehead atoms. The highest BCUT2D eigenvalue weighted by Crippen LogP contribution is 2.43. The molecular weight excluding hydrogens is 488 g/mol. The molecule has 12 nitrogen and oxygen atoms in total. The fourth-order valence-electron chi connectivity index (χ4n) is 4.58. The molecule has 0 amide bonds. The van der Waals surface area contributed by atoms with Crippen LogP contribution in [-0.2, 0) is 27.2 Å². The third-order valence-corrected chi connectivity index (χ3v) is 6.78. The number of nitrogens with zero attached hydrogens (tertiary/aromatic N) is 6. The first-order valence-electron chi connectivity index (χ1n) is 9.70. The lowest BCUT2D eigenvalue weighted by Crippen LogP contribution is -2.46. The average Bonchev–Trinajstić information content (AvgIpc) is 3.14. The van der Waals surface area contributed by atoms with Crippen LogP contribution in [0.5, 0.6) is 11.5 Å². The van der Waals surface area contributed by atoms with Crippen molar-refractivity contribution in [3.05, 3.63) is 75.8 Å². The predicted molar refractivity (Wildman–Crippen MR) is 115 cm³/mol. The maximum Gasteiger partial charge on any atom is 0.347 e. The van der Waals surface area contributed by atoms with E-state index in [1.54, 1.807) is 18.2 Å². The van der Waals surface area contributed by atoms with Gasteiger partial charge in [0.2, 0.25) is 0 Å². The number of aromatic nitrogens is 6. The fourth-order valence-corrected chi connectivity index (χ4v) is 5.04. The lowest BCUT2D eigenvalue weighted by Gasteiger charge is -2.37. The van der Waals surface area contributed by atoms with E-state index in [0.29, 0.717) is 15.6 Å². The molecule has 0 radical (unpaired) electrons. The predicted octanol–water partition coefficient (Wildman–Crippen LogP) is -0.729. The number of hydrogen-bond donors (Lipinski definition) is 1. The van der Waals surface area contributed by atoms with Gasteiger partial charge in [-0.15, -0.1) is 0 Å². The number of ether oxygens (including phenoxy) is 1. The number of phenolic OH excluding ortho intramolecular Hbond substituents is 1. The van der Waals surface area contributed by atoms with Crippen molar-refractivity contribution in [1.82, 2.24) is 27.9 Å². The van der Waals surface area contributed by atoms with Crippen molar-refractivity contribution in [1.29, 1.82) is 0 Å². The lowest BCUT2D eigenvalue weighted by atomic mass is 9.90. The number of allylic oxidation sites excluding steroid dienone is 2. The second-order valence-corrected chi connectivity index (χ2v) is 8.63. The monoisotopic (exact) mass is 506 g/mol. The summed E-state index contributed by atoms with van der Waals surface area (Å²) in [7, 11) is 4.19. The van der Waals surface area contributed by atoms with Gasteiger partial charge in [0.05, 0.1) is 30.7 Å². The Kier molecular flexibility index (Phi) is 4.31. The number of methoxy groups -OCH3 is 1. The van der Waals surface area contributed by atoms with E-state index >= 15 is 0 Å². The minimum atomic E-state index is -0.767. The standard InChI is InChI=1S/C19H19BrN6O6/c1-21-16(28)23-5-4-10-12(25(23)18(21)30)8-24-17(29)22(2)19(31)26(24)14(10)9-6-11(20)15(27)13(7-9)32-3/h4,6-7,12,14,27H,5,8H2,1-3H3/t12-,14+/m1/s1. The first-order chi connectivity index (χ1) is 15.2. The maximum atomic E-state index is 13.0. The number of rotatable bonds is 2. The summed E-state index contributed by atoms with van der Waals surface area (Å²) >= 11 is 3.31. The molecule has 0 saturated carbocycles. The minimum absolute atomic E-state index is 0.0109. The maximum absolute atomic E-state index is 13.0. The Bertz CT molecular complexity index is 1560. The first kappa shape index (κ1) is 20.4. The van der Waals surface area contributed by atoms with Crippen molar-refractivity contribution in [2.75, 3.05) is 7.11 Å². The molecule has 2 aliphatic rings. The van der Waals surface area contributed by atoms with Crippen LogP contribution in [0.15, 0.2) is 47.4 Å². The molecule has 2 aliphatic heterocycles. The molecule has 3 aromatic rings. The molecule has 4 heterocycles. The van der Waals surface area contributed by atoms with Crippen LogP contribution in [-0.4, -0.2) is 40.1 Å². The summed E-state index contributed by atoms with van der Waals surface area (Å²) in [6.07, 6.45) is 1.80. The number of benzene rings is 1. The van der Waals surface area contributed by atoms with E-state index in [0.717, 1.165) is 9.13 Å². The number of aromatic hydroxyl groups is 1. The SMILES string of the molecule is COc1cc([C@H]2C3=CCn4c(=O)n(C)c(=O)n4[C@@H]3Cn3c(=O)n(C)c(=O)n32)cc(Br)c1O. The molecule has 2 aromatic heterocycles.